The lowest BCUT2D eigenvalue weighted by molar-refractivity contribution is -0.126. The van der Waals surface area contributed by atoms with Crippen LogP contribution in [-0.4, -0.2) is 48.9 Å². The molecule has 0 radical (unpaired) electrons. The quantitative estimate of drug-likeness (QED) is 0.904. The third-order valence-corrected chi connectivity index (χ3v) is 3.40. The Hall–Kier alpha value is -1.88. The van der Waals surface area contributed by atoms with Gasteiger partial charge >= 0.3 is 0 Å². The molecule has 0 aliphatic rings. The first-order valence-electron chi connectivity index (χ1n) is 7.45. The van der Waals surface area contributed by atoms with E-state index in [9.17, 15) is 9.59 Å². The summed E-state index contributed by atoms with van der Waals surface area (Å²) < 4.78 is 0. The first-order chi connectivity index (χ1) is 10.1. The van der Waals surface area contributed by atoms with E-state index < -0.39 is 0 Å². The summed E-state index contributed by atoms with van der Waals surface area (Å²) in [5.74, 6) is -0.130. The molecule has 5 nitrogen and oxygen atoms in total. The number of nitrogens with zero attached hydrogens (tertiary/aromatic N) is 2. The van der Waals surface area contributed by atoms with E-state index in [1.165, 1.54) is 0 Å². The summed E-state index contributed by atoms with van der Waals surface area (Å²) in [6, 6.07) is 9.09. The van der Waals surface area contributed by atoms with Gasteiger partial charge in [-0.3, -0.25) is 14.5 Å². The number of anilines is 1. The van der Waals surface area contributed by atoms with E-state index in [0.717, 1.165) is 5.69 Å². The second-order valence-corrected chi connectivity index (χ2v) is 6.62. The van der Waals surface area contributed by atoms with Gasteiger partial charge in [0, 0.05) is 18.3 Å². The number of carbonyl (C=O) groups is 2. The van der Waals surface area contributed by atoms with Gasteiger partial charge in [-0.2, -0.15) is 0 Å². The number of benzene rings is 1. The Morgan fingerprint density at radius 1 is 1.14 bits per heavy atom. The van der Waals surface area contributed by atoms with Crippen LogP contribution in [0.25, 0.3) is 0 Å². The van der Waals surface area contributed by atoms with Crippen LogP contribution in [0, 0.1) is 0 Å². The second-order valence-electron chi connectivity index (χ2n) is 6.62. The SMILES string of the molecule is C[C@@H](C(=O)N(C)c1ccccc1)N(C)CC(=O)NC(C)(C)C. The van der Waals surface area contributed by atoms with Crippen LogP contribution in [0.15, 0.2) is 30.3 Å². The van der Waals surface area contributed by atoms with Gasteiger partial charge in [-0.1, -0.05) is 18.2 Å². The van der Waals surface area contributed by atoms with Crippen LogP contribution in [0.3, 0.4) is 0 Å². The number of rotatable bonds is 5. The maximum Gasteiger partial charge on any atom is 0.243 e. The minimum absolute atomic E-state index is 0.0442. The summed E-state index contributed by atoms with van der Waals surface area (Å²) >= 11 is 0. The summed E-state index contributed by atoms with van der Waals surface area (Å²) in [5, 5.41) is 2.90. The largest absolute Gasteiger partial charge is 0.350 e. The first-order valence-corrected chi connectivity index (χ1v) is 7.45. The Bertz CT molecular complexity index is 508. The van der Waals surface area contributed by atoms with Crippen LogP contribution in [0.5, 0.6) is 0 Å². The highest BCUT2D eigenvalue weighted by molar-refractivity contribution is 5.96. The fourth-order valence-corrected chi connectivity index (χ4v) is 2.07. The number of hydrogen-bond acceptors (Lipinski definition) is 3. The van der Waals surface area contributed by atoms with Crippen molar-refractivity contribution >= 4 is 17.5 Å². The molecule has 22 heavy (non-hydrogen) atoms. The van der Waals surface area contributed by atoms with Gasteiger partial charge in [0.25, 0.3) is 0 Å². The number of para-hydroxylation sites is 1. The minimum Gasteiger partial charge on any atom is -0.350 e. The number of carbonyl (C=O) groups excluding carboxylic acids is 2. The number of amides is 2. The average Bonchev–Trinajstić information content (AvgIpc) is 2.43. The normalized spacial score (nSPS) is 12.9. The molecule has 0 saturated heterocycles. The van der Waals surface area contributed by atoms with Crippen LogP contribution in [0.2, 0.25) is 0 Å². The average molecular weight is 305 g/mol. The van der Waals surface area contributed by atoms with Crippen LogP contribution in [-0.2, 0) is 9.59 Å². The van der Waals surface area contributed by atoms with Gasteiger partial charge in [0.2, 0.25) is 11.8 Å². The van der Waals surface area contributed by atoms with Crippen molar-refractivity contribution in [3.05, 3.63) is 30.3 Å². The van der Waals surface area contributed by atoms with E-state index in [-0.39, 0.29) is 29.9 Å². The van der Waals surface area contributed by atoms with Gasteiger partial charge in [0.05, 0.1) is 12.6 Å². The lowest BCUT2D eigenvalue weighted by Gasteiger charge is -2.29. The van der Waals surface area contributed by atoms with Gasteiger partial charge in [0.1, 0.15) is 0 Å². The summed E-state index contributed by atoms with van der Waals surface area (Å²) in [7, 11) is 3.53. The lowest BCUT2D eigenvalue weighted by atomic mass is 10.1. The predicted octanol–water partition coefficient (Wildman–Crippen LogP) is 1.88. The van der Waals surface area contributed by atoms with E-state index in [1.54, 1.807) is 23.9 Å². The molecular formula is C17H27N3O2. The van der Waals surface area contributed by atoms with E-state index in [0.29, 0.717) is 0 Å². The Morgan fingerprint density at radius 3 is 2.18 bits per heavy atom. The molecule has 5 heteroatoms. The van der Waals surface area contributed by atoms with Crippen molar-refractivity contribution in [3.8, 4) is 0 Å². The molecule has 0 fully saturated rings. The lowest BCUT2D eigenvalue weighted by Crippen LogP contribution is -2.50. The summed E-state index contributed by atoms with van der Waals surface area (Å²) in [4.78, 5) is 27.8. The summed E-state index contributed by atoms with van der Waals surface area (Å²) in [5.41, 5.74) is 0.568. The minimum atomic E-state index is -0.379. The standard InChI is InChI=1S/C17H27N3O2/c1-13(19(5)12-15(21)18-17(2,3)4)16(22)20(6)14-10-8-7-9-11-14/h7-11,13H,12H2,1-6H3,(H,18,21)/t13-/m0/s1. The van der Waals surface area contributed by atoms with E-state index in [2.05, 4.69) is 5.32 Å². The fraction of sp³-hybridized carbons (Fsp3) is 0.529. The smallest absolute Gasteiger partial charge is 0.243 e. The van der Waals surface area contributed by atoms with E-state index >= 15 is 0 Å². The molecule has 1 rings (SSSR count). The molecule has 0 heterocycles. The van der Waals surface area contributed by atoms with Gasteiger partial charge in [-0.25, -0.2) is 0 Å². The molecule has 122 valence electrons. The van der Waals surface area contributed by atoms with Crippen molar-refractivity contribution in [2.75, 3.05) is 25.5 Å². The van der Waals surface area contributed by atoms with Crippen molar-refractivity contribution in [2.24, 2.45) is 0 Å². The van der Waals surface area contributed by atoms with Crippen LogP contribution in [0.4, 0.5) is 5.69 Å². The van der Waals surface area contributed by atoms with Gasteiger partial charge in [0.15, 0.2) is 0 Å². The van der Waals surface area contributed by atoms with Crippen molar-refractivity contribution in [2.45, 2.75) is 39.3 Å². The maximum atomic E-state index is 12.5. The van der Waals surface area contributed by atoms with Gasteiger partial charge in [-0.15, -0.1) is 0 Å². The fourth-order valence-electron chi connectivity index (χ4n) is 2.07. The highest BCUT2D eigenvalue weighted by atomic mass is 16.2. The molecule has 0 spiro atoms. The summed E-state index contributed by atoms with van der Waals surface area (Å²) in [6.07, 6.45) is 0. The van der Waals surface area contributed by atoms with Crippen molar-refractivity contribution in [3.63, 3.8) is 0 Å². The Labute approximate surface area is 133 Å². The maximum absolute atomic E-state index is 12.5. The van der Waals surface area contributed by atoms with Crippen molar-refractivity contribution < 1.29 is 9.59 Å². The van der Waals surface area contributed by atoms with E-state index in [4.69, 9.17) is 0 Å². The predicted molar refractivity (Wildman–Crippen MR) is 89.8 cm³/mol. The zero-order valence-electron chi connectivity index (χ0n) is 14.4. The zero-order valence-corrected chi connectivity index (χ0v) is 14.4. The molecule has 0 unspecified atom stereocenters. The molecule has 2 amide bonds. The number of hydrogen-bond donors (Lipinski definition) is 1. The Kier molecular flexibility index (Phi) is 6.11. The second kappa shape index (κ2) is 7.40. The van der Waals surface area contributed by atoms with E-state index in [1.807, 2.05) is 58.0 Å². The van der Waals surface area contributed by atoms with Crippen molar-refractivity contribution in [1.82, 2.24) is 10.2 Å². The molecule has 0 aromatic heterocycles. The highest BCUT2D eigenvalue weighted by Gasteiger charge is 2.24. The molecule has 1 aromatic rings. The zero-order chi connectivity index (χ0) is 16.9. The van der Waals surface area contributed by atoms with Crippen LogP contribution < -0.4 is 10.2 Å². The summed E-state index contributed by atoms with van der Waals surface area (Å²) in [6.45, 7) is 7.80. The monoisotopic (exact) mass is 305 g/mol. The highest BCUT2D eigenvalue weighted by Crippen LogP contribution is 2.13. The molecule has 1 aromatic carbocycles. The molecule has 0 aliphatic carbocycles. The third-order valence-electron chi connectivity index (χ3n) is 3.40. The molecule has 0 aliphatic heterocycles. The molecule has 0 saturated carbocycles. The molecule has 0 bridgehead atoms. The Morgan fingerprint density at radius 2 is 1.68 bits per heavy atom. The van der Waals surface area contributed by atoms with Gasteiger partial charge < -0.3 is 10.2 Å². The first kappa shape index (κ1) is 18.2. The molecule has 1 N–H and O–H groups in total. The third kappa shape index (κ3) is 5.48. The Balaban J connectivity index is 2.64. The topological polar surface area (TPSA) is 52.7 Å². The van der Waals surface area contributed by atoms with Gasteiger partial charge in [-0.05, 0) is 46.9 Å². The number of nitrogens with one attached hydrogen (secondary N) is 1. The van der Waals surface area contributed by atoms with Crippen molar-refractivity contribution in [1.29, 1.82) is 0 Å². The molecular weight excluding hydrogens is 278 g/mol. The van der Waals surface area contributed by atoms with Crippen LogP contribution >= 0.6 is 0 Å². The van der Waals surface area contributed by atoms with Crippen LogP contribution in [0.1, 0.15) is 27.7 Å². The molecule has 1 atom stereocenters. The number of likely N-dealkylation sites (N-methyl/N-ethyl adjacent to an activating group) is 2.